The number of urea groups is 1. The highest BCUT2D eigenvalue weighted by atomic mass is 16.3. The summed E-state index contributed by atoms with van der Waals surface area (Å²) in [6, 6.07) is 14.7. The molecule has 0 spiro atoms. The Labute approximate surface area is 128 Å². The predicted octanol–water partition coefficient (Wildman–Crippen LogP) is 3.14. The van der Waals surface area contributed by atoms with Crippen LogP contribution in [0.5, 0.6) is 5.75 Å². The summed E-state index contributed by atoms with van der Waals surface area (Å²) in [6.45, 7) is 3.42. The lowest BCUT2D eigenvalue weighted by Crippen LogP contribution is -2.44. The number of nitrogens with zero attached hydrogens (tertiary/aromatic N) is 2. The van der Waals surface area contributed by atoms with Crippen LogP contribution in [0.25, 0.3) is 0 Å². The van der Waals surface area contributed by atoms with E-state index in [-0.39, 0.29) is 11.7 Å². The third kappa shape index (κ3) is 2.02. The number of aromatic hydroxyl groups is 1. The molecular formula is C17H16N2O3. The maximum absolute atomic E-state index is 12.8. The summed E-state index contributed by atoms with van der Waals surface area (Å²) in [4.78, 5) is 28.1. The van der Waals surface area contributed by atoms with Gasteiger partial charge in [0.25, 0.3) is 5.91 Å². The molecule has 2 aromatic rings. The van der Waals surface area contributed by atoms with E-state index in [1.807, 2.05) is 6.07 Å². The quantitative estimate of drug-likeness (QED) is 0.866. The zero-order valence-corrected chi connectivity index (χ0v) is 12.4. The zero-order valence-electron chi connectivity index (χ0n) is 12.4. The Kier molecular flexibility index (Phi) is 3.13. The normalized spacial score (nSPS) is 17.2. The molecule has 22 heavy (non-hydrogen) atoms. The van der Waals surface area contributed by atoms with E-state index < -0.39 is 11.6 Å². The summed E-state index contributed by atoms with van der Waals surface area (Å²) in [6.07, 6.45) is 0. The minimum atomic E-state index is -0.996. The molecule has 5 nitrogen and oxygen atoms in total. The van der Waals surface area contributed by atoms with E-state index in [0.29, 0.717) is 11.4 Å². The van der Waals surface area contributed by atoms with E-state index in [0.717, 1.165) is 0 Å². The van der Waals surface area contributed by atoms with Crippen LogP contribution >= 0.6 is 0 Å². The van der Waals surface area contributed by atoms with Gasteiger partial charge in [-0.05, 0) is 50.2 Å². The topological polar surface area (TPSA) is 60.9 Å². The Morgan fingerprint density at radius 2 is 1.45 bits per heavy atom. The summed E-state index contributed by atoms with van der Waals surface area (Å²) in [7, 11) is 0. The minimum Gasteiger partial charge on any atom is -0.508 e. The molecule has 1 aliphatic rings. The van der Waals surface area contributed by atoms with Crippen LogP contribution in [-0.2, 0) is 4.79 Å². The second-order valence-electron chi connectivity index (χ2n) is 5.67. The standard InChI is InChI=1S/C17H16N2O3/c1-17(2)15(21)18(12-6-4-3-5-7-12)16(22)19(17)13-8-10-14(20)11-9-13/h3-11,20H,1-2H3. The van der Waals surface area contributed by atoms with Gasteiger partial charge in [0.15, 0.2) is 0 Å². The molecule has 0 atom stereocenters. The molecule has 1 heterocycles. The highest BCUT2D eigenvalue weighted by Gasteiger charge is 2.52. The van der Waals surface area contributed by atoms with Gasteiger partial charge in [0.1, 0.15) is 11.3 Å². The minimum absolute atomic E-state index is 0.111. The number of anilines is 2. The zero-order chi connectivity index (χ0) is 15.9. The fourth-order valence-electron chi connectivity index (χ4n) is 2.63. The number of phenols is 1. The average molecular weight is 296 g/mol. The number of hydrogen-bond acceptors (Lipinski definition) is 3. The van der Waals surface area contributed by atoms with E-state index in [2.05, 4.69) is 0 Å². The van der Waals surface area contributed by atoms with Crippen LogP contribution in [0.2, 0.25) is 0 Å². The molecule has 1 aliphatic heterocycles. The van der Waals surface area contributed by atoms with Crippen LogP contribution in [0, 0.1) is 0 Å². The first-order valence-electron chi connectivity index (χ1n) is 6.96. The molecule has 0 radical (unpaired) electrons. The number of amides is 3. The monoisotopic (exact) mass is 296 g/mol. The van der Waals surface area contributed by atoms with Gasteiger partial charge in [0, 0.05) is 5.69 Å². The van der Waals surface area contributed by atoms with Gasteiger partial charge in [0.05, 0.1) is 5.69 Å². The maximum atomic E-state index is 12.8. The SMILES string of the molecule is CC1(C)C(=O)N(c2ccccc2)C(=O)N1c1ccc(O)cc1. The number of benzene rings is 2. The molecule has 0 aliphatic carbocycles. The second kappa shape index (κ2) is 4.87. The molecule has 1 fully saturated rings. The lowest BCUT2D eigenvalue weighted by molar-refractivity contribution is -0.120. The largest absolute Gasteiger partial charge is 0.508 e. The van der Waals surface area contributed by atoms with E-state index in [9.17, 15) is 14.7 Å². The molecular weight excluding hydrogens is 280 g/mol. The van der Waals surface area contributed by atoms with Gasteiger partial charge >= 0.3 is 6.03 Å². The van der Waals surface area contributed by atoms with Crippen LogP contribution in [-0.4, -0.2) is 22.6 Å². The first-order chi connectivity index (χ1) is 10.4. The molecule has 3 rings (SSSR count). The molecule has 112 valence electrons. The molecule has 1 saturated heterocycles. The van der Waals surface area contributed by atoms with Crippen LogP contribution < -0.4 is 9.80 Å². The van der Waals surface area contributed by atoms with Crippen molar-refractivity contribution in [2.75, 3.05) is 9.80 Å². The van der Waals surface area contributed by atoms with Gasteiger partial charge in [-0.15, -0.1) is 0 Å². The Hall–Kier alpha value is -2.82. The molecule has 2 aromatic carbocycles. The van der Waals surface area contributed by atoms with Crippen molar-refractivity contribution in [1.29, 1.82) is 0 Å². The third-order valence-corrected chi connectivity index (χ3v) is 3.79. The number of carbonyl (C=O) groups is 2. The van der Waals surface area contributed by atoms with Gasteiger partial charge in [0.2, 0.25) is 0 Å². The molecule has 3 amide bonds. The fraction of sp³-hybridized carbons (Fsp3) is 0.176. The summed E-state index contributed by atoms with van der Waals surface area (Å²) >= 11 is 0. The van der Waals surface area contributed by atoms with Gasteiger partial charge in [-0.25, -0.2) is 9.69 Å². The summed E-state index contributed by atoms with van der Waals surface area (Å²) < 4.78 is 0. The summed E-state index contributed by atoms with van der Waals surface area (Å²) in [5, 5.41) is 9.40. The van der Waals surface area contributed by atoms with Gasteiger partial charge in [-0.1, -0.05) is 18.2 Å². The van der Waals surface area contributed by atoms with Gasteiger partial charge in [-0.2, -0.15) is 0 Å². The molecule has 0 saturated carbocycles. The van der Waals surface area contributed by atoms with E-state index in [1.165, 1.54) is 21.9 Å². The van der Waals surface area contributed by atoms with Crippen molar-refractivity contribution in [1.82, 2.24) is 0 Å². The smallest absolute Gasteiger partial charge is 0.336 e. The Balaban J connectivity index is 2.07. The molecule has 1 N–H and O–H groups in total. The number of imide groups is 1. The van der Waals surface area contributed by atoms with Crippen LogP contribution in [0.3, 0.4) is 0 Å². The van der Waals surface area contributed by atoms with Crippen molar-refractivity contribution < 1.29 is 14.7 Å². The van der Waals surface area contributed by atoms with E-state index in [1.54, 1.807) is 50.2 Å². The van der Waals surface area contributed by atoms with Crippen LogP contribution in [0.1, 0.15) is 13.8 Å². The Morgan fingerprint density at radius 1 is 0.864 bits per heavy atom. The molecule has 5 heteroatoms. The summed E-state index contributed by atoms with van der Waals surface area (Å²) in [5.74, 6) is -0.170. The van der Waals surface area contributed by atoms with Gasteiger partial charge < -0.3 is 5.11 Å². The number of para-hydroxylation sites is 1. The second-order valence-corrected chi connectivity index (χ2v) is 5.67. The van der Waals surface area contributed by atoms with Crippen molar-refractivity contribution in [3.63, 3.8) is 0 Å². The van der Waals surface area contributed by atoms with Crippen molar-refractivity contribution in [3.05, 3.63) is 54.6 Å². The predicted molar refractivity (Wildman–Crippen MR) is 84.0 cm³/mol. The van der Waals surface area contributed by atoms with Crippen molar-refractivity contribution in [3.8, 4) is 5.75 Å². The lowest BCUT2D eigenvalue weighted by Gasteiger charge is -2.27. The first kappa shape index (κ1) is 14.1. The Bertz CT molecular complexity index is 723. The van der Waals surface area contributed by atoms with Crippen LogP contribution in [0.15, 0.2) is 54.6 Å². The number of carbonyl (C=O) groups excluding carboxylic acids is 2. The molecule has 0 aromatic heterocycles. The highest BCUT2D eigenvalue weighted by molar-refractivity contribution is 6.30. The van der Waals surface area contributed by atoms with Crippen LogP contribution in [0.4, 0.5) is 16.2 Å². The van der Waals surface area contributed by atoms with Gasteiger partial charge in [-0.3, -0.25) is 9.69 Å². The fourth-order valence-corrected chi connectivity index (χ4v) is 2.63. The number of phenolic OH excluding ortho intramolecular Hbond substituents is 1. The number of rotatable bonds is 2. The maximum Gasteiger partial charge on any atom is 0.336 e. The van der Waals surface area contributed by atoms with Crippen molar-refractivity contribution >= 4 is 23.3 Å². The van der Waals surface area contributed by atoms with E-state index in [4.69, 9.17) is 0 Å². The number of hydrogen-bond donors (Lipinski definition) is 1. The van der Waals surface area contributed by atoms with Crippen molar-refractivity contribution in [2.45, 2.75) is 19.4 Å². The Morgan fingerprint density at radius 3 is 2.05 bits per heavy atom. The van der Waals surface area contributed by atoms with E-state index >= 15 is 0 Å². The third-order valence-electron chi connectivity index (χ3n) is 3.79. The first-order valence-corrected chi connectivity index (χ1v) is 6.96. The lowest BCUT2D eigenvalue weighted by atomic mass is 10.0. The molecule has 0 unspecified atom stereocenters. The van der Waals surface area contributed by atoms with Crippen molar-refractivity contribution in [2.24, 2.45) is 0 Å². The highest BCUT2D eigenvalue weighted by Crippen LogP contribution is 2.36. The average Bonchev–Trinajstić information content (AvgIpc) is 2.67. The molecule has 0 bridgehead atoms. The summed E-state index contributed by atoms with van der Waals surface area (Å²) in [5.41, 5.74) is 0.121.